The molecule has 2 aliphatic rings. The number of carbonyl (C=O) groups is 1. The van der Waals surface area contributed by atoms with E-state index in [2.05, 4.69) is 25.9 Å². The largest absolute Gasteiger partial charge is 0.474 e. The minimum Gasteiger partial charge on any atom is -0.474 e. The summed E-state index contributed by atoms with van der Waals surface area (Å²) in [5, 5.41) is 9.04. The monoisotopic (exact) mass is 454 g/mol. The molecule has 1 amide bonds. The maximum Gasteiger partial charge on any atom is 0.407 e. The Morgan fingerprint density at radius 3 is 2.64 bits per heavy atom. The predicted octanol–water partition coefficient (Wildman–Crippen LogP) is 3.73. The zero-order valence-corrected chi connectivity index (χ0v) is 16.3. The average Bonchev–Trinajstić information content (AvgIpc) is 3.10. The van der Waals surface area contributed by atoms with E-state index in [-0.39, 0.29) is 16.3 Å². The molecule has 0 bridgehead atoms. The van der Waals surface area contributed by atoms with Crippen molar-refractivity contribution in [3.63, 3.8) is 0 Å². The van der Waals surface area contributed by atoms with Gasteiger partial charge in [-0.05, 0) is 28.4 Å². The number of anilines is 2. The van der Waals surface area contributed by atoms with Crippen LogP contribution in [0.3, 0.4) is 0 Å². The molecule has 1 aromatic carbocycles. The van der Waals surface area contributed by atoms with Crippen LogP contribution in [0.2, 0.25) is 0 Å². The average molecular weight is 455 g/mol. The lowest BCUT2D eigenvalue weighted by Gasteiger charge is -2.30. The Morgan fingerprint density at radius 1 is 1.18 bits per heavy atom. The Kier molecular flexibility index (Phi) is 5.05. The van der Waals surface area contributed by atoms with Gasteiger partial charge in [-0.15, -0.1) is 0 Å². The SMILES string of the molecule is O=C(O)N1CCC(Oc2ncnc3c2CCN3c2cc(F)c(Br)cc2F)CC1. The standard InChI is InChI=1S/C18H17BrF2N4O3/c19-12-7-14(21)15(8-13(12)20)25-6-3-11-16(25)22-9-23-17(11)28-10-1-4-24(5-2-10)18(26)27/h7-10H,1-6H2,(H,26,27). The summed E-state index contributed by atoms with van der Waals surface area (Å²) in [4.78, 5) is 22.4. The molecule has 0 unspecified atom stereocenters. The Bertz CT molecular complexity index is 922. The Labute approximate surface area is 168 Å². The number of rotatable bonds is 3. The number of benzene rings is 1. The summed E-state index contributed by atoms with van der Waals surface area (Å²) >= 11 is 2.98. The van der Waals surface area contributed by atoms with E-state index in [1.807, 2.05) is 0 Å². The number of hydrogen-bond donors (Lipinski definition) is 1. The topological polar surface area (TPSA) is 78.8 Å². The molecule has 1 fully saturated rings. The summed E-state index contributed by atoms with van der Waals surface area (Å²) in [6.45, 7) is 1.24. The maximum absolute atomic E-state index is 14.4. The highest BCUT2D eigenvalue weighted by Crippen LogP contribution is 2.39. The number of aromatic nitrogens is 2. The molecule has 0 saturated carbocycles. The molecule has 10 heteroatoms. The number of piperidine rings is 1. The smallest absolute Gasteiger partial charge is 0.407 e. The molecule has 148 valence electrons. The second-order valence-corrected chi connectivity index (χ2v) is 7.54. The fraction of sp³-hybridized carbons (Fsp3) is 0.389. The minimum absolute atomic E-state index is 0.0626. The van der Waals surface area contributed by atoms with Gasteiger partial charge in [0.05, 0.1) is 15.7 Å². The summed E-state index contributed by atoms with van der Waals surface area (Å²) in [6.07, 6.45) is 1.94. The molecule has 28 heavy (non-hydrogen) atoms. The van der Waals surface area contributed by atoms with Crippen molar-refractivity contribution in [1.29, 1.82) is 0 Å². The van der Waals surface area contributed by atoms with Gasteiger partial charge < -0.3 is 19.6 Å². The van der Waals surface area contributed by atoms with Crippen molar-refractivity contribution >= 4 is 33.5 Å². The highest BCUT2D eigenvalue weighted by atomic mass is 79.9. The molecule has 0 radical (unpaired) electrons. The summed E-state index contributed by atoms with van der Waals surface area (Å²) in [6, 6.07) is 2.23. The Morgan fingerprint density at radius 2 is 1.93 bits per heavy atom. The first-order chi connectivity index (χ1) is 13.4. The first kappa shape index (κ1) is 18.9. The summed E-state index contributed by atoms with van der Waals surface area (Å²) in [7, 11) is 0. The number of nitrogens with zero attached hydrogens (tertiary/aromatic N) is 4. The zero-order chi connectivity index (χ0) is 19.8. The van der Waals surface area contributed by atoms with Gasteiger partial charge >= 0.3 is 6.09 Å². The van der Waals surface area contributed by atoms with Crippen molar-refractivity contribution in [3.8, 4) is 5.88 Å². The van der Waals surface area contributed by atoms with Gasteiger partial charge in [-0.2, -0.15) is 0 Å². The lowest BCUT2D eigenvalue weighted by Crippen LogP contribution is -2.41. The zero-order valence-electron chi connectivity index (χ0n) is 14.7. The molecule has 1 N–H and O–H groups in total. The van der Waals surface area contributed by atoms with Crippen molar-refractivity contribution in [1.82, 2.24) is 14.9 Å². The van der Waals surface area contributed by atoms with E-state index in [9.17, 15) is 13.6 Å². The number of amides is 1. The van der Waals surface area contributed by atoms with Crippen LogP contribution < -0.4 is 9.64 Å². The molecular weight excluding hydrogens is 438 g/mol. The number of carboxylic acid groups (broad SMARTS) is 1. The number of likely N-dealkylation sites (tertiary alicyclic amines) is 1. The van der Waals surface area contributed by atoms with Gasteiger partial charge in [-0.1, -0.05) is 0 Å². The van der Waals surface area contributed by atoms with Crippen LogP contribution in [0.25, 0.3) is 0 Å². The van der Waals surface area contributed by atoms with Gasteiger partial charge in [0.2, 0.25) is 5.88 Å². The molecule has 4 rings (SSSR count). The molecule has 2 aromatic rings. The van der Waals surface area contributed by atoms with Crippen LogP contribution in [0.1, 0.15) is 18.4 Å². The van der Waals surface area contributed by atoms with E-state index in [4.69, 9.17) is 9.84 Å². The predicted molar refractivity (Wildman–Crippen MR) is 100 cm³/mol. The van der Waals surface area contributed by atoms with Crippen LogP contribution in [-0.4, -0.2) is 51.8 Å². The second-order valence-electron chi connectivity index (χ2n) is 6.69. The summed E-state index contributed by atoms with van der Waals surface area (Å²) in [5.74, 6) is -0.198. The first-order valence-electron chi connectivity index (χ1n) is 8.84. The third-order valence-corrected chi connectivity index (χ3v) is 5.60. The fourth-order valence-corrected chi connectivity index (χ4v) is 3.86. The highest BCUT2D eigenvalue weighted by Gasteiger charge is 2.30. The highest BCUT2D eigenvalue weighted by molar-refractivity contribution is 9.10. The van der Waals surface area contributed by atoms with Gasteiger partial charge in [0.1, 0.15) is 29.9 Å². The minimum atomic E-state index is -0.930. The molecule has 0 spiro atoms. The van der Waals surface area contributed by atoms with Crippen molar-refractivity contribution in [3.05, 3.63) is 40.1 Å². The molecule has 1 aromatic heterocycles. The van der Waals surface area contributed by atoms with Crippen molar-refractivity contribution in [2.45, 2.75) is 25.4 Å². The molecule has 3 heterocycles. The van der Waals surface area contributed by atoms with E-state index in [1.54, 1.807) is 4.90 Å². The molecular formula is C18H17BrF2N4O3. The van der Waals surface area contributed by atoms with Gasteiger partial charge in [0.15, 0.2) is 0 Å². The van der Waals surface area contributed by atoms with E-state index in [0.717, 1.165) is 17.7 Å². The van der Waals surface area contributed by atoms with Crippen LogP contribution in [0, 0.1) is 11.6 Å². The van der Waals surface area contributed by atoms with E-state index < -0.39 is 17.7 Å². The fourth-order valence-electron chi connectivity index (χ4n) is 3.55. The Hall–Kier alpha value is -2.49. The van der Waals surface area contributed by atoms with Crippen LogP contribution in [-0.2, 0) is 6.42 Å². The quantitative estimate of drug-likeness (QED) is 0.711. The van der Waals surface area contributed by atoms with Crippen molar-refractivity contribution in [2.75, 3.05) is 24.5 Å². The van der Waals surface area contributed by atoms with Crippen LogP contribution in [0.5, 0.6) is 5.88 Å². The molecule has 0 atom stereocenters. The van der Waals surface area contributed by atoms with E-state index >= 15 is 0 Å². The maximum atomic E-state index is 14.4. The first-order valence-corrected chi connectivity index (χ1v) is 9.64. The van der Waals surface area contributed by atoms with Gasteiger partial charge in [0, 0.05) is 38.5 Å². The molecule has 0 aliphatic carbocycles. The number of fused-ring (bicyclic) bond motifs is 1. The normalized spacial score (nSPS) is 17.0. The number of halogens is 3. The van der Waals surface area contributed by atoms with Crippen LogP contribution in [0.15, 0.2) is 22.9 Å². The van der Waals surface area contributed by atoms with Crippen LogP contribution >= 0.6 is 15.9 Å². The van der Waals surface area contributed by atoms with Crippen molar-refractivity contribution < 1.29 is 23.4 Å². The van der Waals surface area contributed by atoms with E-state index in [1.165, 1.54) is 11.2 Å². The lowest BCUT2D eigenvalue weighted by atomic mass is 10.1. The molecule has 2 aliphatic heterocycles. The van der Waals surface area contributed by atoms with Gasteiger partial charge in [-0.25, -0.2) is 23.5 Å². The van der Waals surface area contributed by atoms with Crippen LogP contribution in [0.4, 0.5) is 25.1 Å². The summed E-state index contributed by atoms with van der Waals surface area (Å²) in [5.41, 5.74) is 0.852. The number of ether oxygens (including phenoxy) is 1. The summed E-state index contributed by atoms with van der Waals surface area (Å²) < 4.78 is 34.4. The van der Waals surface area contributed by atoms with Gasteiger partial charge in [0.25, 0.3) is 0 Å². The molecule has 7 nitrogen and oxygen atoms in total. The third kappa shape index (κ3) is 3.48. The van der Waals surface area contributed by atoms with E-state index in [0.29, 0.717) is 50.6 Å². The molecule has 1 saturated heterocycles. The lowest BCUT2D eigenvalue weighted by molar-refractivity contribution is 0.0865. The van der Waals surface area contributed by atoms with Gasteiger partial charge in [-0.3, -0.25) is 0 Å². The Balaban J connectivity index is 1.55. The third-order valence-electron chi connectivity index (χ3n) is 5.00. The number of hydrogen-bond acceptors (Lipinski definition) is 5. The second kappa shape index (κ2) is 7.50. The van der Waals surface area contributed by atoms with Crippen molar-refractivity contribution in [2.24, 2.45) is 0 Å².